The van der Waals surface area contributed by atoms with Crippen LogP contribution in [-0.4, -0.2) is 66.1 Å². The molecule has 0 spiro atoms. The van der Waals surface area contributed by atoms with Crippen molar-refractivity contribution in [3.8, 4) is 0 Å². The minimum Gasteiger partial charge on any atom is -0.379 e. The molecule has 1 aromatic heterocycles. The third kappa shape index (κ3) is 6.09. The maximum absolute atomic E-state index is 13.4. The zero-order chi connectivity index (χ0) is 22.3. The van der Waals surface area contributed by atoms with E-state index < -0.39 is 11.6 Å². The summed E-state index contributed by atoms with van der Waals surface area (Å²) in [6, 6.07) is 9.79. The van der Waals surface area contributed by atoms with Crippen LogP contribution in [0.15, 0.2) is 42.6 Å². The number of nitrogens with one attached hydrogen (secondary N) is 1. The van der Waals surface area contributed by atoms with Gasteiger partial charge in [-0.1, -0.05) is 6.07 Å². The molecule has 2 atom stereocenters. The molecular weight excluding hydrogens is 414 g/mol. The molecule has 3 heterocycles. The Morgan fingerprint density at radius 2 is 1.97 bits per heavy atom. The first-order chi connectivity index (χ1) is 15.6. The second-order valence-electron chi connectivity index (χ2n) is 8.54. The zero-order valence-electron chi connectivity index (χ0n) is 18.2. The number of hydrogen-bond acceptors (Lipinski definition) is 5. The highest BCUT2D eigenvalue weighted by atomic mass is 19.2. The van der Waals surface area contributed by atoms with Crippen molar-refractivity contribution in [2.24, 2.45) is 5.92 Å². The van der Waals surface area contributed by atoms with Crippen molar-refractivity contribution in [2.75, 3.05) is 44.7 Å². The Bertz CT molecular complexity index is 893. The molecule has 4 rings (SSSR count). The number of benzene rings is 1. The summed E-state index contributed by atoms with van der Waals surface area (Å²) in [5.41, 5.74) is 1.33. The van der Waals surface area contributed by atoms with Gasteiger partial charge in [0.25, 0.3) is 0 Å². The van der Waals surface area contributed by atoms with Gasteiger partial charge in [-0.05, 0) is 43.0 Å². The SMILES string of the molecule is O=C(CC[C@H]1CN(Cc2ccccn2)CC[C@H]1N1CCOCC1)Nc1ccc(F)c(F)c1. The standard InChI is InChI=1S/C24H30F2N4O2/c25-21-6-5-19(15-22(21)26)28-24(31)7-4-18-16-29(17-20-3-1-2-9-27-20)10-8-23(18)30-11-13-32-14-12-30/h1-3,5-6,9,15,18,23H,4,7-8,10-14,16-17H2,(H,28,31)/t18-,23+/m0/s1. The zero-order valence-corrected chi connectivity index (χ0v) is 18.2. The van der Waals surface area contributed by atoms with Gasteiger partial charge in [0.05, 0.1) is 18.9 Å². The first-order valence-electron chi connectivity index (χ1n) is 11.3. The molecule has 2 aliphatic rings. The predicted molar refractivity (Wildman–Crippen MR) is 118 cm³/mol. The van der Waals surface area contributed by atoms with Gasteiger partial charge in [0.2, 0.25) is 5.91 Å². The number of carbonyl (C=O) groups is 1. The number of piperidine rings is 1. The number of halogens is 2. The van der Waals surface area contributed by atoms with E-state index in [2.05, 4.69) is 20.1 Å². The van der Waals surface area contributed by atoms with Crippen molar-refractivity contribution < 1.29 is 18.3 Å². The molecule has 172 valence electrons. The highest BCUT2D eigenvalue weighted by molar-refractivity contribution is 5.90. The van der Waals surface area contributed by atoms with Crippen LogP contribution in [-0.2, 0) is 16.1 Å². The third-order valence-electron chi connectivity index (χ3n) is 6.35. The molecule has 6 nitrogen and oxygen atoms in total. The van der Waals surface area contributed by atoms with Crippen molar-refractivity contribution in [1.29, 1.82) is 0 Å². The Morgan fingerprint density at radius 1 is 1.12 bits per heavy atom. The summed E-state index contributed by atoms with van der Waals surface area (Å²) in [6.45, 7) is 6.03. The predicted octanol–water partition coefficient (Wildman–Crippen LogP) is 3.30. The van der Waals surface area contributed by atoms with E-state index in [4.69, 9.17) is 4.74 Å². The van der Waals surface area contributed by atoms with Crippen LogP contribution in [0.1, 0.15) is 25.0 Å². The van der Waals surface area contributed by atoms with E-state index in [9.17, 15) is 13.6 Å². The summed E-state index contributed by atoms with van der Waals surface area (Å²) in [5, 5.41) is 2.69. The van der Waals surface area contributed by atoms with Gasteiger partial charge in [-0.2, -0.15) is 0 Å². The van der Waals surface area contributed by atoms with Gasteiger partial charge in [-0.25, -0.2) is 8.78 Å². The monoisotopic (exact) mass is 444 g/mol. The van der Waals surface area contributed by atoms with Crippen LogP contribution in [0.5, 0.6) is 0 Å². The van der Waals surface area contributed by atoms with Gasteiger partial charge < -0.3 is 10.1 Å². The molecule has 0 radical (unpaired) electrons. The van der Waals surface area contributed by atoms with Crippen LogP contribution in [0.2, 0.25) is 0 Å². The smallest absolute Gasteiger partial charge is 0.224 e. The summed E-state index contributed by atoms with van der Waals surface area (Å²) in [4.78, 5) is 21.9. The fourth-order valence-corrected chi connectivity index (χ4v) is 4.75. The van der Waals surface area contributed by atoms with Crippen molar-refractivity contribution >= 4 is 11.6 Å². The maximum Gasteiger partial charge on any atom is 0.224 e. The largest absolute Gasteiger partial charge is 0.379 e. The van der Waals surface area contributed by atoms with Crippen LogP contribution in [0.3, 0.4) is 0 Å². The van der Waals surface area contributed by atoms with Crippen molar-refractivity contribution in [3.63, 3.8) is 0 Å². The fourth-order valence-electron chi connectivity index (χ4n) is 4.75. The molecule has 0 bridgehead atoms. The Labute approximate surface area is 187 Å². The Morgan fingerprint density at radius 3 is 2.72 bits per heavy atom. The summed E-state index contributed by atoms with van der Waals surface area (Å²) in [5.74, 6) is -1.74. The quantitative estimate of drug-likeness (QED) is 0.710. The average molecular weight is 445 g/mol. The maximum atomic E-state index is 13.4. The molecule has 8 heteroatoms. The lowest BCUT2D eigenvalue weighted by Crippen LogP contribution is -2.54. The van der Waals surface area contributed by atoms with Gasteiger partial charge in [-0.3, -0.25) is 19.6 Å². The lowest BCUT2D eigenvalue weighted by molar-refractivity contribution is -0.116. The molecule has 2 aliphatic heterocycles. The summed E-state index contributed by atoms with van der Waals surface area (Å²) < 4.78 is 32.1. The van der Waals surface area contributed by atoms with E-state index >= 15 is 0 Å². The van der Waals surface area contributed by atoms with E-state index in [-0.39, 0.29) is 11.6 Å². The topological polar surface area (TPSA) is 57.7 Å². The molecule has 0 saturated carbocycles. The number of pyridine rings is 1. The molecule has 2 saturated heterocycles. The number of aromatic nitrogens is 1. The lowest BCUT2D eigenvalue weighted by Gasteiger charge is -2.45. The molecule has 0 aliphatic carbocycles. The normalized spacial score (nSPS) is 22.6. The van der Waals surface area contributed by atoms with E-state index in [0.717, 1.165) is 76.6 Å². The van der Waals surface area contributed by atoms with Crippen LogP contribution >= 0.6 is 0 Å². The second kappa shape index (κ2) is 10.9. The molecule has 1 N–H and O–H groups in total. The number of morpholine rings is 1. The van der Waals surface area contributed by atoms with Crippen LogP contribution in [0.4, 0.5) is 14.5 Å². The van der Waals surface area contributed by atoms with Gasteiger partial charge in [-0.15, -0.1) is 0 Å². The van der Waals surface area contributed by atoms with Crippen LogP contribution in [0, 0.1) is 17.6 Å². The van der Waals surface area contributed by atoms with Gasteiger partial charge in [0.1, 0.15) is 0 Å². The number of likely N-dealkylation sites (tertiary alicyclic amines) is 1. The minimum absolute atomic E-state index is 0.182. The summed E-state index contributed by atoms with van der Waals surface area (Å²) >= 11 is 0. The van der Waals surface area contributed by atoms with E-state index in [0.29, 0.717) is 18.4 Å². The minimum atomic E-state index is -0.965. The molecule has 2 fully saturated rings. The molecule has 0 unspecified atom stereocenters. The number of nitrogens with zero attached hydrogens (tertiary/aromatic N) is 3. The Hall–Kier alpha value is -2.42. The number of ether oxygens (including phenoxy) is 1. The van der Waals surface area contributed by atoms with E-state index in [1.54, 1.807) is 0 Å². The number of anilines is 1. The first-order valence-corrected chi connectivity index (χ1v) is 11.3. The third-order valence-corrected chi connectivity index (χ3v) is 6.35. The van der Waals surface area contributed by atoms with E-state index in [1.807, 2.05) is 24.4 Å². The molecular formula is C24H30F2N4O2. The number of hydrogen-bond donors (Lipinski definition) is 1. The lowest BCUT2D eigenvalue weighted by atomic mass is 9.86. The molecule has 1 amide bonds. The molecule has 2 aromatic rings. The van der Waals surface area contributed by atoms with Gasteiger partial charge in [0, 0.05) is 63.1 Å². The number of amides is 1. The van der Waals surface area contributed by atoms with Crippen molar-refractivity contribution in [3.05, 3.63) is 59.9 Å². The fraction of sp³-hybridized carbons (Fsp3) is 0.500. The number of carbonyl (C=O) groups excluding carboxylic acids is 1. The summed E-state index contributed by atoms with van der Waals surface area (Å²) in [7, 11) is 0. The van der Waals surface area contributed by atoms with Crippen LogP contribution in [0.25, 0.3) is 0 Å². The average Bonchev–Trinajstić information content (AvgIpc) is 2.81. The molecule has 1 aromatic carbocycles. The summed E-state index contributed by atoms with van der Waals surface area (Å²) in [6.07, 6.45) is 3.93. The highest BCUT2D eigenvalue weighted by Crippen LogP contribution is 2.28. The van der Waals surface area contributed by atoms with Crippen molar-refractivity contribution in [1.82, 2.24) is 14.8 Å². The highest BCUT2D eigenvalue weighted by Gasteiger charge is 2.34. The number of rotatable bonds is 7. The Kier molecular flexibility index (Phi) is 7.78. The van der Waals surface area contributed by atoms with Crippen molar-refractivity contribution in [2.45, 2.75) is 31.8 Å². The Balaban J connectivity index is 1.37. The molecule has 32 heavy (non-hydrogen) atoms. The first kappa shape index (κ1) is 22.8. The van der Waals surface area contributed by atoms with Gasteiger partial charge >= 0.3 is 0 Å². The van der Waals surface area contributed by atoms with E-state index in [1.165, 1.54) is 6.07 Å². The van der Waals surface area contributed by atoms with Crippen LogP contribution < -0.4 is 5.32 Å². The second-order valence-corrected chi connectivity index (χ2v) is 8.54. The van der Waals surface area contributed by atoms with Gasteiger partial charge in [0.15, 0.2) is 11.6 Å².